The molecule has 2 rings (SSSR count). The van der Waals surface area contributed by atoms with Crippen molar-refractivity contribution in [3.8, 4) is 0 Å². The lowest BCUT2D eigenvalue weighted by Crippen LogP contribution is -2.32. The summed E-state index contributed by atoms with van der Waals surface area (Å²) in [4.78, 5) is 10.8. The highest BCUT2D eigenvalue weighted by Gasteiger charge is 2.17. The van der Waals surface area contributed by atoms with Crippen LogP contribution in [0.1, 0.15) is 24.1 Å². The first-order valence-electron chi connectivity index (χ1n) is 6.43. The fourth-order valence-electron chi connectivity index (χ4n) is 2.24. The van der Waals surface area contributed by atoms with E-state index in [-0.39, 0.29) is 6.61 Å². The van der Waals surface area contributed by atoms with Gasteiger partial charge in [-0.25, -0.2) is 9.97 Å². The Hall–Kier alpha value is -1.20. The fraction of sp³-hybridized carbons (Fsp3) is 0.692. The Morgan fingerprint density at radius 2 is 2.39 bits per heavy atom. The summed E-state index contributed by atoms with van der Waals surface area (Å²) >= 11 is 0. The second-order valence-corrected chi connectivity index (χ2v) is 4.90. The van der Waals surface area contributed by atoms with Gasteiger partial charge < -0.3 is 14.7 Å². The summed E-state index contributed by atoms with van der Waals surface area (Å²) in [6.07, 6.45) is 4.05. The van der Waals surface area contributed by atoms with Crippen LogP contribution in [0.15, 0.2) is 6.20 Å². The van der Waals surface area contributed by atoms with Crippen LogP contribution in [0.4, 0.5) is 5.95 Å². The molecule has 0 bridgehead atoms. The number of ether oxygens (including phenoxy) is 1. The highest BCUT2D eigenvalue weighted by atomic mass is 16.5. The van der Waals surface area contributed by atoms with Crippen molar-refractivity contribution in [1.29, 1.82) is 0 Å². The Morgan fingerprint density at radius 3 is 3.00 bits per heavy atom. The third kappa shape index (κ3) is 3.17. The molecule has 0 spiro atoms. The SMILES string of the molecule is Cc1nc(N(C)CC2CCCOC2)ncc1CO. The fourth-order valence-corrected chi connectivity index (χ4v) is 2.24. The molecule has 1 aliphatic rings. The number of aryl methyl sites for hydroxylation is 1. The summed E-state index contributed by atoms with van der Waals surface area (Å²) in [5, 5.41) is 9.10. The number of aliphatic hydroxyl groups is 1. The average molecular weight is 251 g/mol. The van der Waals surface area contributed by atoms with Crippen LogP contribution >= 0.6 is 0 Å². The molecule has 1 atom stereocenters. The van der Waals surface area contributed by atoms with E-state index in [1.54, 1.807) is 6.20 Å². The molecule has 0 aromatic carbocycles. The van der Waals surface area contributed by atoms with Gasteiger partial charge in [0.15, 0.2) is 0 Å². The molecule has 1 N–H and O–H groups in total. The maximum atomic E-state index is 9.10. The van der Waals surface area contributed by atoms with Gasteiger partial charge in [-0.2, -0.15) is 0 Å². The summed E-state index contributed by atoms with van der Waals surface area (Å²) in [6.45, 7) is 4.53. The van der Waals surface area contributed by atoms with Gasteiger partial charge in [0, 0.05) is 37.7 Å². The Bertz CT molecular complexity index is 392. The zero-order valence-electron chi connectivity index (χ0n) is 11.1. The van der Waals surface area contributed by atoms with Crippen LogP contribution in [0, 0.1) is 12.8 Å². The quantitative estimate of drug-likeness (QED) is 0.869. The zero-order valence-corrected chi connectivity index (χ0v) is 11.1. The van der Waals surface area contributed by atoms with Crippen LogP contribution in [-0.2, 0) is 11.3 Å². The molecule has 1 aromatic rings. The van der Waals surface area contributed by atoms with Crippen molar-refractivity contribution >= 4 is 5.95 Å². The summed E-state index contributed by atoms with van der Waals surface area (Å²) in [5.74, 6) is 1.28. The third-order valence-corrected chi connectivity index (χ3v) is 3.37. The van der Waals surface area contributed by atoms with E-state index in [1.807, 2.05) is 14.0 Å². The highest BCUT2D eigenvalue weighted by molar-refractivity contribution is 5.31. The number of hydrogen-bond acceptors (Lipinski definition) is 5. The molecule has 5 heteroatoms. The van der Waals surface area contributed by atoms with Gasteiger partial charge in [-0.05, 0) is 25.7 Å². The maximum absolute atomic E-state index is 9.10. The zero-order chi connectivity index (χ0) is 13.0. The van der Waals surface area contributed by atoms with Crippen LogP contribution in [0.2, 0.25) is 0 Å². The first kappa shape index (κ1) is 13.2. The van der Waals surface area contributed by atoms with Crippen LogP contribution in [-0.4, -0.2) is 41.9 Å². The lowest BCUT2D eigenvalue weighted by Gasteiger charge is -2.27. The van der Waals surface area contributed by atoms with Crippen molar-refractivity contribution in [3.63, 3.8) is 0 Å². The maximum Gasteiger partial charge on any atom is 0.225 e. The van der Waals surface area contributed by atoms with Crippen molar-refractivity contribution in [2.24, 2.45) is 5.92 Å². The molecule has 0 radical (unpaired) electrons. The summed E-state index contributed by atoms with van der Waals surface area (Å²) in [6, 6.07) is 0. The second-order valence-electron chi connectivity index (χ2n) is 4.90. The van der Waals surface area contributed by atoms with E-state index in [0.29, 0.717) is 5.92 Å². The average Bonchev–Trinajstić information content (AvgIpc) is 2.39. The molecule has 1 unspecified atom stereocenters. The number of rotatable bonds is 4. The van der Waals surface area contributed by atoms with Gasteiger partial charge in [-0.15, -0.1) is 0 Å². The summed E-state index contributed by atoms with van der Waals surface area (Å²) in [7, 11) is 2.00. The van der Waals surface area contributed by atoms with Gasteiger partial charge in [0.05, 0.1) is 13.2 Å². The molecular formula is C13H21N3O2. The first-order valence-corrected chi connectivity index (χ1v) is 6.43. The van der Waals surface area contributed by atoms with Crippen molar-refractivity contribution < 1.29 is 9.84 Å². The Balaban J connectivity index is 1.99. The monoisotopic (exact) mass is 251 g/mol. The topological polar surface area (TPSA) is 58.5 Å². The molecule has 1 fully saturated rings. The molecule has 18 heavy (non-hydrogen) atoms. The Morgan fingerprint density at radius 1 is 1.56 bits per heavy atom. The minimum atomic E-state index is -0.00765. The number of aromatic nitrogens is 2. The lowest BCUT2D eigenvalue weighted by atomic mass is 10.0. The van der Waals surface area contributed by atoms with E-state index < -0.39 is 0 Å². The van der Waals surface area contributed by atoms with Crippen molar-refractivity contribution in [2.45, 2.75) is 26.4 Å². The van der Waals surface area contributed by atoms with E-state index in [2.05, 4.69) is 14.9 Å². The molecule has 1 saturated heterocycles. The van der Waals surface area contributed by atoms with Gasteiger partial charge in [-0.3, -0.25) is 0 Å². The van der Waals surface area contributed by atoms with E-state index in [9.17, 15) is 0 Å². The Kier molecular flexibility index (Phi) is 4.49. The number of anilines is 1. The van der Waals surface area contributed by atoms with Gasteiger partial charge in [-0.1, -0.05) is 0 Å². The molecular weight excluding hydrogens is 230 g/mol. The van der Waals surface area contributed by atoms with Crippen molar-refractivity contribution in [2.75, 3.05) is 31.7 Å². The van der Waals surface area contributed by atoms with E-state index >= 15 is 0 Å². The van der Waals surface area contributed by atoms with Gasteiger partial charge in [0.1, 0.15) is 0 Å². The van der Waals surface area contributed by atoms with E-state index in [4.69, 9.17) is 9.84 Å². The van der Waals surface area contributed by atoms with Crippen molar-refractivity contribution in [1.82, 2.24) is 9.97 Å². The molecule has 2 heterocycles. The van der Waals surface area contributed by atoms with Crippen LogP contribution in [0.25, 0.3) is 0 Å². The summed E-state index contributed by atoms with van der Waals surface area (Å²) < 4.78 is 5.48. The minimum Gasteiger partial charge on any atom is -0.392 e. The van der Waals surface area contributed by atoms with Gasteiger partial charge in [0.25, 0.3) is 0 Å². The number of aliphatic hydroxyl groups excluding tert-OH is 1. The van der Waals surface area contributed by atoms with Gasteiger partial charge >= 0.3 is 0 Å². The normalized spacial score (nSPS) is 19.8. The largest absolute Gasteiger partial charge is 0.392 e. The predicted octanol–water partition coefficient (Wildman–Crippen LogP) is 1.14. The molecule has 1 aromatic heterocycles. The van der Waals surface area contributed by atoms with Gasteiger partial charge in [0.2, 0.25) is 5.95 Å². The lowest BCUT2D eigenvalue weighted by molar-refractivity contribution is 0.0575. The van der Waals surface area contributed by atoms with Crippen molar-refractivity contribution in [3.05, 3.63) is 17.5 Å². The summed E-state index contributed by atoms with van der Waals surface area (Å²) in [5.41, 5.74) is 1.63. The van der Waals surface area contributed by atoms with Crippen LogP contribution in [0.3, 0.4) is 0 Å². The standard InChI is InChI=1S/C13H21N3O2/c1-10-12(8-17)6-14-13(15-10)16(2)7-11-4-3-5-18-9-11/h6,11,17H,3-5,7-9H2,1-2H3. The number of nitrogens with zero attached hydrogens (tertiary/aromatic N) is 3. The predicted molar refractivity (Wildman–Crippen MR) is 69.5 cm³/mol. The van der Waals surface area contributed by atoms with E-state index in [1.165, 1.54) is 6.42 Å². The highest BCUT2D eigenvalue weighted by Crippen LogP contribution is 2.17. The Labute approximate surface area is 108 Å². The molecule has 0 amide bonds. The number of hydrogen-bond donors (Lipinski definition) is 1. The first-order chi connectivity index (χ1) is 8.70. The van der Waals surface area contributed by atoms with Crippen LogP contribution < -0.4 is 4.90 Å². The smallest absolute Gasteiger partial charge is 0.225 e. The molecule has 1 aliphatic heterocycles. The third-order valence-electron chi connectivity index (χ3n) is 3.37. The van der Waals surface area contributed by atoms with E-state index in [0.717, 1.165) is 43.4 Å². The second kappa shape index (κ2) is 6.11. The van der Waals surface area contributed by atoms with Crippen LogP contribution in [0.5, 0.6) is 0 Å². The molecule has 0 saturated carbocycles. The molecule has 0 aliphatic carbocycles. The molecule has 5 nitrogen and oxygen atoms in total. The minimum absolute atomic E-state index is 0.00765. The molecule has 100 valence electrons.